The van der Waals surface area contributed by atoms with Gasteiger partial charge in [0.15, 0.2) is 11.5 Å². The zero-order chi connectivity index (χ0) is 13.0. The van der Waals surface area contributed by atoms with Gasteiger partial charge in [0, 0.05) is 4.47 Å². The van der Waals surface area contributed by atoms with Crippen LogP contribution in [0.2, 0.25) is 0 Å². The number of rotatable bonds is 4. The number of phenols is 1. The topological polar surface area (TPSA) is 72.8 Å². The average molecular weight is 303 g/mol. The Morgan fingerprint density at radius 1 is 1.41 bits per heavy atom. The van der Waals surface area contributed by atoms with Crippen LogP contribution in [-0.4, -0.2) is 30.6 Å². The van der Waals surface area contributed by atoms with Crippen LogP contribution < -0.4 is 4.74 Å². The third-order valence-corrected chi connectivity index (χ3v) is 2.66. The summed E-state index contributed by atoms with van der Waals surface area (Å²) in [7, 11) is 1.35. The van der Waals surface area contributed by atoms with Gasteiger partial charge in [-0.1, -0.05) is 0 Å². The molecule has 0 unspecified atom stereocenters. The Labute approximate surface area is 106 Å². The maximum atomic E-state index is 11.7. The molecule has 0 aliphatic heterocycles. The Morgan fingerprint density at radius 3 is 2.59 bits per heavy atom. The highest BCUT2D eigenvalue weighted by Gasteiger charge is 2.25. The summed E-state index contributed by atoms with van der Waals surface area (Å²) in [6.07, 6.45) is 0. The number of hydrogen-bond acceptors (Lipinski definition) is 5. The number of carbonyl (C=O) groups is 2. The van der Waals surface area contributed by atoms with Crippen LogP contribution in [0.15, 0.2) is 16.6 Å². The van der Waals surface area contributed by atoms with Gasteiger partial charge >= 0.3 is 5.97 Å². The van der Waals surface area contributed by atoms with E-state index >= 15 is 0 Å². The summed E-state index contributed by atoms with van der Waals surface area (Å²) in [5.74, 6) is -2.22. The smallest absolute Gasteiger partial charge is 0.379 e. The van der Waals surface area contributed by atoms with Gasteiger partial charge in [-0.3, -0.25) is 4.79 Å². The number of carbonyl (C=O) groups excluding carboxylic acids is 2. The molecule has 1 N–H and O–H groups in total. The molecule has 1 aromatic rings. The highest BCUT2D eigenvalue weighted by Crippen LogP contribution is 2.35. The van der Waals surface area contributed by atoms with Crippen LogP contribution in [0.5, 0.6) is 11.5 Å². The van der Waals surface area contributed by atoms with Crippen molar-refractivity contribution in [1.82, 2.24) is 0 Å². The van der Waals surface area contributed by atoms with Gasteiger partial charge in [0.25, 0.3) is 5.78 Å². The van der Waals surface area contributed by atoms with E-state index in [1.165, 1.54) is 19.2 Å². The summed E-state index contributed by atoms with van der Waals surface area (Å²) in [6, 6.07) is 2.98. The summed E-state index contributed by atoms with van der Waals surface area (Å²) in [5, 5.41) is 9.77. The van der Waals surface area contributed by atoms with Crippen LogP contribution in [0.25, 0.3) is 0 Å². The van der Waals surface area contributed by atoms with Crippen molar-refractivity contribution in [3.8, 4) is 11.5 Å². The van der Waals surface area contributed by atoms with E-state index in [-0.39, 0.29) is 23.7 Å². The van der Waals surface area contributed by atoms with Gasteiger partial charge in [-0.25, -0.2) is 4.79 Å². The van der Waals surface area contributed by atoms with E-state index < -0.39 is 11.8 Å². The van der Waals surface area contributed by atoms with Crippen LogP contribution in [0, 0.1) is 0 Å². The van der Waals surface area contributed by atoms with Gasteiger partial charge in [-0.15, -0.1) is 0 Å². The monoisotopic (exact) mass is 302 g/mol. The summed E-state index contributed by atoms with van der Waals surface area (Å²) in [6.45, 7) is 1.68. The molecule has 0 aliphatic carbocycles. The minimum atomic E-state index is -1.02. The second-order valence-corrected chi connectivity index (χ2v) is 3.88. The number of hydrogen-bond donors (Lipinski definition) is 1. The van der Waals surface area contributed by atoms with Crippen molar-refractivity contribution < 1.29 is 24.2 Å². The van der Waals surface area contributed by atoms with E-state index in [1.54, 1.807) is 6.92 Å². The number of ether oxygens (including phenoxy) is 2. The highest BCUT2D eigenvalue weighted by molar-refractivity contribution is 9.10. The fraction of sp³-hybridized carbons (Fsp3) is 0.273. The van der Waals surface area contributed by atoms with Gasteiger partial charge in [0.1, 0.15) is 0 Å². The Morgan fingerprint density at radius 2 is 2.06 bits per heavy atom. The number of ketones is 1. The van der Waals surface area contributed by atoms with Gasteiger partial charge < -0.3 is 14.6 Å². The fourth-order valence-corrected chi connectivity index (χ4v) is 1.73. The number of methoxy groups -OCH3 is 1. The van der Waals surface area contributed by atoms with Gasteiger partial charge in [-0.05, 0) is 35.0 Å². The lowest BCUT2D eigenvalue weighted by Gasteiger charge is -2.09. The lowest BCUT2D eigenvalue weighted by molar-refractivity contribution is -0.137. The van der Waals surface area contributed by atoms with E-state index in [4.69, 9.17) is 4.74 Å². The second kappa shape index (κ2) is 5.67. The van der Waals surface area contributed by atoms with E-state index in [2.05, 4.69) is 20.7 Å². The molecule has 0 aliphatic rings. The van der Waals surface area contributed by atoms with Crippen LogP contribution in [0.4, 0.5) is 0 Å². The quantitative estimate of drug-likeness (QED) is 0.522. The third-order valence-electron chi connectivity index (χ3n) is 2.00. The minimum Gasteiger partial charge on any atom is -0.504 e. The van der Waals surface area contributed by atoms with Crippen molar-refractivity contribution >= 4 is 27.7 Å². The van der Waals surface area contributed by atoms with Gasteiger partial charge in [0.2, 0.25) is 0 Å². The molecule has 1 rings (SSSR count). The average Bonchev–Trinajstić information content (AvgIpc) is 2.29. The van der Waals surface area contributed by atoms with Crippen LogP contribution in [-0.2, 0) is 9.53 Å². The predicted octanol–water partition coefficient (Wildman–Crippen LogP) is 1.91. The van der Waals surface area contributed by atoms with Gasteiger partial charge in [-0.2, -0.15) is 0 Å². The number of phenolic OH excluding ortho intramolecular Hbond substituents is 1. The molecule has 0 radical (unpaired) electrons. The molecule has 0 aromatic heterocycles. The molecule has 0 fully saturated rings. The lowest BCUT2D eigenvalue weighted by atomic mass is 10.1. The number of Topliss-reactive ketones (excluding diaryl/α,β-unsaturated/α-hetero) is 1. The van der Waals surface area contributed by atoms with Crippen LogP contribution >= 0.6 is 15.9 Å². The fourth-order valence-electron chi connectivity index (χ4n) is 1.23. The largest absolute Gasteiger partial charge is 0.504 e. The maximum absolute atomic E-state index is 11.7. The third kappa shape index (κ3) is 2.76. The normalized spacial score (nSPS) is 9.82. The Hall–Kier alpha value is -1.56. The zero-order valence-corrected chi connectivity index (χ0v) is 10.9. The first kappa shape index (κ1) is 13.5. The summed E-state index contributed by atoms with van der Waals surface area (Å²) in [4.78, 5) is 23.0. The first-order valence-electron chi connectivity index (χ1n) is 4.79. The molecular formula is C11H11BrO5. The van der Waals surface area contributed by atoms with Crippen molar-refractivity contribution in [1.29, 1.82) is 0 Å². The zero-order valence-electron chi connectivity index (χ0n) is 9.32. The molecule has 0 heterocycles. The molecule has 5 nitrogen and oxygen atoms in total. The molecule has 92 valence electrons. The van der Waals surface area contributed by atoms with E-state index in [0.717, 1.165) is 0 Å². The summed E-state index contributed by atoms with van der Waals surface area (Å²) in [5.41, 5.74) is -0.164. The first-order valence-corrected chi connectivity index (χ1v) is 5.59. The van der Waals surface area contributed by atoms with E-state index in [9.17, 15) is 14.7 Å². The number of halogens is 1. The molecule has 0 atom stereocenters. The number of esters is 1. The second-order valence-electron chi connectivity index (χ2n) is 3.02. The van der Waals surface area contributed by atoms with Crippen molar-refractivity contribution in [3.05, 3.63) is 22.2 Å². The molecule has 0 saturated carbocycles. The van der Waals surface area contributed by atoms with E-state index in [1.807, 2.05) is 0 Å². The summed E-state index contributed by atoms with van der Waals surface area (Å²) < 4.78 is 9.74. The van der Waals surface area contributed by atoms with Crippen molar-refractivity contribution in [2.45, 2.75) is 6.92 Å². The van der Waals surface area contributed by atoms with Crippen molar-refractivity contribution in [3.63, 3.8) is 0 Å². The van der Waals surface area contributed by atoms with Crippen molar-refractivity contribution in [2.24, 2.45) is 0 Å². The first-order chi connectivity index (χ1) is 8.02. The molecule has 0 saturated heterocycles. The standard InChI is InChI=1S/C11H11BrO5/c1-3-17-11(15)10(14)8-6(12)4-5-7(16-2)9(8)13/h4-5,13H,3H2,1-2H3. The Kier molecular flexibility index (Phi) is 4.51. The molecule has 17 heavy (non-hydrogen) atoms. The SMILES string of the molecule is CCOC(=O)C(=O)c1c(Br)ccc(OC)c1O. The lowest BCUT2D eigenvalue weighted by Crippen LogP contribution is -2.18. The van der Waals surface area contributed by atoms with Crippen LogP contribution in [0.1, 0.15) is 17.3 Å². The Bertz CT molecular complexity index is 455. The number of benzene rings is 1. The van der Waals surface area contributed by atoms with Gasteiger partial charge in [0.05, 0.1) is 19.3 Å². The predicted molar refractivity (Wildman–Crippen MR) is 63.3 cm³/mol. The van der Waals surface area contributed by atoms with Crippen molar-refractivity contribution in [2.75, 3.05) is 13.7 Å². The Balaban J connectivity index is 3.21. The van der Waals surface area contributed by atoms with E-state index in [0.29, 0.717) is 4.47 Å². The highest BCUT2D eigenvalue weighted by atomic mass is 79.9. The molecule has 0 spiro atoms. The maximum Gasteiger partial charge on any atom is 0.379 e. The molecule has 1 aromatic carbocycles. The number of aromatic hydroxyl groups is 1. The molecule has 6 heteroatoms. The molecule has 0 bridgehead atoms. The van der Waals surface area contributed by atoms with Crippen LogP contribution in [0.3, 0.4) is 0 Å². The minimum absolute atomic E-state index is 0.0902. The molecule has 0 amide bonds. The summed E-state index contributed by atoms with van der Waals surface area (Å²) >= 11 is 3.09. The molecular weight excluding hydrogens is 292 g/mol.